The van der Waals surface area contributed by atoms with Crippen LogP contribution in [0.1, 0.15) is 97.5 Å². The van der Waals surface area contributed by atoms with Crippen LogP contribution in [0, 0.1) is 5.92 Å². The molecular weight excluding hydrogens is 568 g/mol. The summed E-state index contributed by atoms with van der Waals surface area (Å²) in [7, 11) is 0. The van der Waals surface area contributed by atoms with Crippen molar-refractivity contribution < 1.29 is 33.6 Å². The molecule has 13 heteroatoms. The number of unbranched alkanes of at least 4 members (excludes halogenated alkanes) is 3. The number of carbonyl (C=O) groups is 6. The highest BCUT2D eigenvalue weighted by atomic mass is 16.6. The van der Waals surface area contributed by atoms with Crippen molar-refractivity contribution in [1.29, 1.82) is 0 Å². The summed E-state index contributed by atoms with van der Waals surface area (Å²) in [6.45, 7) is 7.47. The third-order valence-electron chi connectivity index (χ3n) is 6.70. The fourth-order valence-corrected chi connectivity index (χ4v) is 4.20. The van der Waals surface area contributed by atoms with Crippen LogP contribution in [0.25, 0.3) is 0 Å². The Morgan fingerprint density at radius 2 is 1.50 bits per heavy atom. The third kappa shape index (κ3) is 17.2. The van der Waals surface area contributed by atoms with Gasteiger partial charge in [-0.3, -0.25) is 24.0 Å². The van der Waals surface area contributed by atoms with Crippen molar-refractivity contribution in [2.75, 3.05) is 11.9 Å². The van der Waals surface area contributed by atoms with Gasteiger partial charge in [0.2, 0.25) is 23.6 Å². The number of urea groups is 1. The molecule has 0 fully saturated rings. The molecule has 2 unspecified atom stereocenters. The molecule has 0 spiro atoms. The standard InChI is InChI=1S/C31H50N6O7/c1-5-6-7-8-13-27(40)37-44-20-23-15-17-24(18-16-23)34-29(41)25(12-10-19-33-31(32)43)35-30(42)28(21(2)3)36-26(39)14-9-11-22(4)38/h15-18,21,25,28H,5-14,19-20H2,1-4H3,(H,34,41)(H,35,42)(H,36,39)(H,37,40)(H3,32,33,43). The number of amides is 6. The predicted octanol–water partition coefficient (Wildman–Crippen LogP) is 2.98. The molecule has 2 atom stereocenters. The summed E-state index contributed by atoms with van der Waals surface area (Å²) in [5.41, 5.74) is 8.81. The van der Waals surface area contributed by atoms with E-state index in [0.29, 0.717) is 24.9 Å². The van der Waals surface area contributed by atoms with E-state index in [1.807, 2.05) is 0 Å². The van der Waals surface area contributed by atoms with E-state index in [2.05, 4.69) is 33.7 Å². The first-order valence-electron chi connectivity index (χ1n) is 15.4. The molecule has 0 aliphatic rings. The van der Waals surface area contributed by atoms with Gasteiger partial charge in [-0.05, 0) is 56.2 Å². The average molecular weight is 619 g/mol. The van der Waals surface area contributed by atoms with Crippen molar-refractivity contribution in [3.8, 4) is 0 Å². The molecule has 6 amide bonds. The first-order chi connectivity index (χ1) is 20.9. The second-order valence-corrected chi connectivity index (χ2v) is 11.1. The van der Waals surface area contributed by atoms with Gasteiger partial charge < -0.3 is 31.8 Å². The lowest BCUT2D eigenvalue weighted by Crippen LogP contribution is -2.54. The molecule has 13 nitrogen and oxygen atoms in total. The highest BCUT2D eigenvalue weighted by Crippen LogP contribution is 2.13. The van der Waals surface area contributed by atoms with Crippen molar-refractivity contribution in [1.82, 2.24) is 21.4 Å². The molecule has 1 rings (SSSR count). The van der Waals surface area contributed by atoms with Crippen LogP contribution in [0.4, 0.5) is 10.5 Å². The van der Waals surface area contributed by atoms with Crippen LogP contribution in [-0.2, 0) is 35.4 Å². The number of anilines is 1. The van der Waals surface area contributed by atoms with E-state index < -0.39 is 29.9 Å². The number of Topliss-reactive ketones (excluding diaryl/α,β-unsaturated/α-hetero) is 1. The molecule has 44 heavy (non-hydrogen) atoms. The number of benzene rings is 1. The zero-order valence-corrected chi connectivity index (χ0v) is 26.5. The van der Waals surface area contributed by atoms with Gasteiger partial charge in [-0.25, -0.2) is 10.3 Å². The van der Waals surface area contributed by atoms with E-state index in [9.17, 15) is 28.8 Å². The molecule has 0 radical (unpaired) electrons. The number of primary amides is 1. The summed E-state index contributed by atoms with van der Waals surface area (Å²) in [6, 6.07) is 4.27. The van der Waals surface area contributed by atoms with Gasteiger partial charge in [-0.1, -0.05) is 52.2 Å². The SMILES string of the molecule is CCCCCCC(=O)NOCc1ccc(NC(=O)C(CCCNC(N)=O)NC(=O)C(NC(=O)CCCC(C)=O)C(C)C)cc1. The fourth-order valence-electron chi connectivity index (χ4n) is 4.20. The van der Waals surface area contributed by atoms with Crippen LogP contribution in [0.15, 0.2) is 24.3 Å². The summed E-state index contributed by atoms with van der Waals surface area (Å²) in [6.07, 6.45) is 5.72. The summed E-state index contributed by atoms with van der Waals surface area (Å²) in [4.78, 5) is 78.2. The maximum Gasteiger partial charge on any atom is 0.312 e. The summed E-state index contributed by atoms with van der Waals surface area (Å²) < 4.78 is 0. The number of carbonyl (C=O) groups excluding carboxylic acids is 6. The number of nitrogens with one attached hydrogen (secondary N) is 5. The van der Waals surface area contributed by atoms with E-state index in [1.165, 1.54) is 6.92 Å². The minimum Gasteiger partial charge on any atom is -0.352 e. The van der Waals surface area contributed by atoms with E-state index >= 15 is 0 Å². The van der Waals surface area contributed by atoms with Crippen molar-refractivity contribution in [3.05, 3.63) is 29.8 Å². The maximum atomic E-state index is 13.2. The van der Waals surface area contributed by atoms with E-state index in [4.69, 9.17) is 10.6 Å². The van der Waals surface area contributed by atoms with Gasteiger partial charge in [0, 0.05) is 31.5 Å². The third-order valence-corrected chi connectivity index (χ3v) is 6.70. The summed E-state index contributed by atoms with van der Waals surface area (Å²) >= 11 is 0. The van der Waals surface area contributed by atoms with Gasteiger partial charge >= 0.3 is 6.03 Å². The molecule has 0 aliphatic carbocycles. The number of hydrogen-bond acceptors (Lipinski definition) is 7. The minimum atomic E-state index is -0.969. The Morgan fingerprint density at radius 3 is 2.11 bits per heavy atom. The predicted molar refractivity (Wildman–Crippen MR) is 167 cm³/mol. The Hall–Kier alpha value is -4.00. The number of hydroxylamine groups is 1. The highest BCUT2D eigenvalue weighted by molar-refractivity contribution is 5.98. The minimum absolute atomic E-state index is 0.0180. The lowest BCUT2D eigenvalue weighted by molar-refractivity contribution is -0.134. The first-order valence-corrected chi connectivity index (χ1v) is 15.4. The van der Waals surface area contributed by atoms with Crippen LogP contribution >= 0.6 is 0 Å². The topological polar surface area (TPSA) is 198 Å². The van der Waals surface area contributed by atoms with Gasteiger partial charge in [-0.2, -0.15) is 0 Å². The van der Waals surface area contributed by atoms with Crippen LogP contribution in [-0.4, -0.2) is 54.1 Å². The zero-order chi connectivity index (χ0) is 32.9. The van der Waals surface area contributed by atoms with Crippen molar-refractivity contribution in [2.24, 2.45) is 11.7 Å². The second kappa shape index (κ2) is 21.7. The molecule has 0 saturated carbocycles. The number of hydrogen-bond donors (Lipinski definition) is 6. The van der Waals surface area contributed by atoms with Gasteiger partial charge in [0.25, 0.3) is 0 Å². The van der Waals surface area contributed by atoms with Crippen LogP contribution in [0.3, 0.4) is 0 Å². The molecule has 1 aromatic rings. The molecule has 0 heterocycles. The Labute approximate surface area is 260 Å². The van der Waals surface area contributed by atoms with Crippen LogP contribution < -0.4 is 32.5 Å². The molecule has 1 aromatic carbocycles. The maximum absolute atomic E-state index is 13.2. The molecule has 0 saturated heterocycles. The summed E-state index contributed by atoms with van der Waals surface area (Å²) in [5, 5.41) is 10.7. The smallest absolute Gasteiger partial charge is 0.312 e. The first kappa shape index (κ1) is 38.0. The van der Waals surface area contributed by atoms with Crippen molar-refractivity contribution in [3.63, 3.8) is 0 Å². The normalized spacial score (nSPS) is 12.1. The lowest BCUT2D eigenvalue weighted by atomic mass is 10.0. The largest absolute Gasteiger partial charge is 0.352 e. The van der Waals surface area contributed by atoms with Gasteiger partial charge in [0.15, 0.2) is 0 Å². The van der Waals surface area contributed by atoms with Gasteiger partial charge in [0.1, 0.15) is 17.9 Å². The Bertz CT molecular complexity index is 1080. The molecule has 0 bridgehead atoms. The molecule has 0 aromatic heterocycles. The molecule has 7 N–H and O–H groups in total. The lowest BCUT2D eigenvalue weighted by Gasteiger charge is -2.25. The van der Waals surface area contributed by atoms with Crippen LogP contribution in [0.5, 0.6) is 0 Å². The van der Waals surface area contributed by atoms with Gasteiger partial charge in [0.05, 0.1) is 6.61 Å². The quantitative estimate of drug-likeness (QED) is 0.0848. The average Bonchev–Trinajstić information content (AvgIpc) is 2.96. The Balaban J connectivity index is 2.77. The Morgan fingerprint density at radius 1 is 0.818 bits per heavy atom. The number of ketones is 1. The molecular formula is C31H50N6O7. The van der Waals surface area contributed by atoms with Gasteiger partial charge in [-0.15, -0.1) is 0 Å². The Kier molecular flexibility index (Phi) is 18.7. The number of nitrogens with two attached hydrogens (primary N) is 1. The van der Waals surface area contributed by atoms with Crippen molar-refractivity contribution in [2.45, 2.75) is 111 Å². The van der Waals surface area contributed by atoms with E-state index in [1.54, 1.807) is 38.1 Å². The zero-order valence-electron chi connectivity index (χ0n) is 26.5. The van der Waals surface area contributed by atoms with E-state index in [0.717, 1.165) is 31.2 Å². The van der Waals surface area contributed by atoms with E-state index in [-0.39, 0.29) is 55.9 Å². The van der Waals surface area contributed by atoms with Crippen molar-refractivity contribution >= 4 is 41.1 Å². The highest BCUT2D eigenvalue weighted by Gasteiger charge is 2.28. The van der Waals surface area contributed by atoms with Crippen LogP contribution in [0.2, 0.25) is 0 Å². The molecule has 0 aliphatic heterocycles. The number of rotatable bonds is 22. The summed E-state index contributed by atoms with van der Waals surface area (Å²) in [5.74, 6) is -1.82. The fraction of sp³-hybridized carbons (Fsp3) is 0.613. The molecule has 246 valence electrons. The second-order valence-electron chi connectivity index (χ2n) is 11.1. The monoisotopic (exact) mass is 618 g/mol.